The van der Waals surface area contributed by atoms with Crippen molar-refractivity contribution in [2.24, 2.45) is 5.73 Å². The van der Waals surface area contributed by atoms with E-state index < -0.39 is 7.04 Å². The molecule has 2 N–H and O–H groups in total. The zero-order valence-corrected chi connectivity index (χ0v) is 10.0. The highest BCUT2D eigenvalue weighted by Gasteiger charge is 2.47. The Morgan fingerprint density at radius 1 is 1.18 bits per heavy atom. The van der Waals surface area contributed by atoms with Crippen molar-refractivity contribution in [2.75, 3.05) is 7.04 Å². The molecular weight excluding hydrogens is 210 g/mol. The van der Waals surface area contributed by atoms with Gasteiger partial charge in [-0.2, -0.15) is 0 Å². The van der Waals surface area contributed by atoms with E-state index in [9.17, 15) is 0 Å². The quantitative estimate of drug-likeness (QED) is 0.853. The molecule has 0 spiro atoms. The average molecular weight is 234 g/mol. The summed E-state index contributed by atoms with van der Waals surface area (Å²) in [6, 6.07) is 7.61. The number of benzene rings is 1. The van der Waals surface area contributed by atoms with Crippen LogP contribution in [0.4, 0.5) is 0 Å². The van der Waals surface area contributed by atoms with E-state index in [1.807, 2.05) is 12.1 Å². The van der Waals surface area contributed by atoms with Crippen LogP contribution in [-0.4, -0.2) is 12.6 Å². The highest BCUT2D eigenvalue weighted by atomic mass is 16.5. The average Bonchev–Trinajstić information content (AvgIpc) is 2.38. The molecule has 1 aromatic rings. The number of ether oxygens (including phenoxy) is 1. The minimum absolute atomic E-state index is 0.0501. The normalized spacial score (nSPS) is 39.2. The second-order valence-electron chi connectivity index (χ2n) is 5.77. The number of rotatable bonds is 2. The molecule has 3 fully saturated rings. The summed E-state index contributed by atoms with van der Waals surface area (Å²) in [4.78, 5) is 0. The van der Waals surface area contributed by atoms with E-state index in [1.54, 1.807) is 6.07 Å². The van der Waals surface area contributed by atoms with E-state index in [4.69, 9.17) is 14.6 Å². The maximum atomic E-state index is 7.21. The summed E-state index contributed by atoms with van der Waals surface area (Å²) >= 11 is 0. The van der Waals surface area contributed by atoms with Crippen LogP contribution >= 0.6 is 0 Å². The highest BCUT2D eigenvalue weighted by molar-refractivity contribution is 5.35. The van der Waals surface area contributed by atoms with Crippen LogP contribution in [0.1, 0.15) is 48.2 Å². The predicted octanol–water partition coefficient (Wildman–Crippen LogP) is 3.00. The second kappa shape index (κ2) is 3.74. The summed E-state index contributed by atoms with van der Waals surface area (Å²) < 4.78 is 26.6. The first-order valence-corrected chi connectivity index (χ1v) is 6.39. The molecule has 2 nitrogen and oxygen atoms in total. The number of hydrogen-bond donors (Lipinski definition) is 1. The molecule has 0 amide bonds. The Morgan fingerprint density at radius 2 is 1.88 bits per heavy atom. The van der Waals surface area contributed by atoms with Gasteiger partial charge in [0.25, 0.3) is 0 Å². The van der Waals surface area contributed by atoms with Crippen molar-refractivity contribution in [3.05, 3.63) is 29.8 Å². The van der Waals surface area contributed by atoms with Gasteiger partial charge >= 0.3 is 0 Å². The van der Waals surface area contributed by atoms with Gasteiger partial charge in [-0.15, -0.1) is 0 Å². The van der Waals surface area contributed by atoms with Crippen molar-refractivity contribution in [3.63, 3.8) is 0 Å². The zero-order chi connectivity index (χ0) is 14.4. The number of nitrogens with two attached hydrogens (primary N) is 1. The summed E-state index contributed by atoms with van der Waals surface area (Å²) in [5, 5.41) is 0. The van der Waals surface area contributed by atoms with Gasteiger partial charge in [0.1, 0.15) is 5.75 Å². The van der Waals surface area contributed by atoms with E-state index in [1.165, 1.54) is 5.56 Å². The van der Waals surface area contributed by atoms with Gasteiger partial charge in [-0.3, -0.25) is 0 Å². The van der Waals surface area contributed by atoms with Gasteiger partial charge in [-0.1, -0.05) is 12.1 Å². The molecule has 0 saturated heterocycles. The van der Waals surface area contributed by atoms with Crippen LogP contribution in [0.25, 0.3) is 0 Å². The van der Waals surface area contributed by atoms with Crippen LogP contribution in [0.2, 0.25) is 0 Å². The monoisotopic (exact) mass is 234 g/mol. The predicted molar refractivity (Wildman–Crippen MR) is 69.3 cm³/mol. The summed E-state index contributed by atoms with van der Waals surface area (Å²) in [6.07, 6.45) is 6.49. The van der Waals surface area contributed by atoms with Crippen LogP contribution in [0.5, 0.6) is 5.75 Å². The molecule has 3 aliphatic rings. The summed E-state index contributed by atoms with van der Waals surface area (Å²) in [6.45, 7) is 0. The second-order valence-corrected chi connectivity index (χ2v) is 5.77. The Balaban J connectivity index is 1.86. The maximum absolute atomic E-state index is 7.21. The molecule has 17 heavy (non-hydrogen) atoms. The molecule has 0 radical (unpaired) electrons. The minimum atomic E-state index is -2.39. The Bertz CT molecular complexity index is 488. The first-order valence-electron chi connectivity index (χ1n) is 7.89. The third-order valence-corrected chi connectivity index (χ3v) is 4.87. The van der Waals surface area contributed by atoms with Crippen LogP contribution in [-0.2, 0) is 5.41 Å². The lowest BCUT2D eigenvalue weighted by Gasteiger charge is -2.52. The van der Waals surface area contributed by atoms with Gasteiger partial charge in [-0.05, 0) is 61.6 Å². The number of hydrogen-bond acceptors (Lipinski definition) is 2. The van der Waals surface area contributed by atoms with E-state index in [-0.39, 0.29) is 11.0 Å². The lowest BCUT2D eigenvalue weighted by molar-refractivity contribution is 0.107. The molecular formula is C15H21NO. The molecule has 0 unspecified atom stereocenters. The fourth-order valence-corrected chi connectivity index (χ4v) is 3.54. The molecule has 2 heteroatoms. The van der Waals surface area contributed by atoms with E-state index in [0.29, 0.717) is 5.75 Å². The fourth-order valence-electron chi connectivity index (χ4n) is 3.54. The summed E-state index contributed by atoms with van der Waals surface area (Å²) in [5.74, 6) is 0.437. The van der Waals surface area contributed by atoms with Crippen molar-refractivity contribution in [3.8, 4) is 5.75 Å². The first kappa shape index (κ1) is 8.15. The molecule has 0 aromatic heterocycles. The standard InChI is InChI=1S/C15H21NO/c1-17-13-4-2-3-12(11-13)14-5-8-15(16,9-6-14)10-7-14/h2-4,11H,5-10,16H2,1H3/i1D3. The Hall–Kier alpha value is -1.02. The van der Waals surface area contributed by atoms with Gasteiger partial charge in [0.15, 0.2) is 0 Å². The van der Waals surface area contributed by atoms with Crippen LogP contribution < -0.4 is 10.5 Å². The maximum Gasteiger partial charge on any atom is 0.119 e. The van der Waals surface area contributed by atoms with E-state index in [2.05, 4.69) is 6.07 Å². The molecule has 1 aromatic carbocycles. The lowest BCUT2D eigenvalue weighted by atomic mass is 9.55. The van der Waals surface area contributed by atoms with Crippen molar-refractivity contribution in [1.82, 2.24) is 0 Å². The third-order valence-electron chi connectivity index (χ3n) is 4.87. The smallest absolute Gasteiger partial charge is 0.119 e. The van der Waals surface area contributed by atoms with Gasteiger partial charge in [-0.25, -0.2) is 0 Å². The van der Waals surface area contributed by atoms with Gasteiger partial charge in [0, 0.05) is 5.54 Å². The first-order chi connectivity index (χ1) is 9.30. The van der Waals surface area contributed by atoms with Gasteiger partial charge in [0.2, 0.25) is 0 Å². The Kier molecular flexibility index (Phi) is 1.79. The Labute approximate surface area is 107 Å². The van der Waals surface area contributed by atoms with Crippen molar-refractivity contribution in [1.29, 1.82) is 0 Å². The lowest BCUT2D eigenvalue weighted by Crippen LogP contribution is -2.53. The SMILES string of the molecule is [2H]C([2H])([2H])Oc1cccc(C23CCC(N)(CC2)CC3)c1. The molecule has 2 bridgehead atoms. The van der Waals surface area contributed by atoms with Gasteiger partial charge < -0.3 is 10.5 Å². The van der Waals surface area contributed by atoms with Crippen LogP contribution in [0.15, 0.2) is 24.3 Å². The van der Waals surface area contributed by atoms with Crippen LogP contribution in [0.3, 0.4) is 0 Å². The molecule has 4 rings (SSSR count). The molecule has 3 saturated carbocycles. The van der Waals surface area contributed by atoms with Crippen LogP contribution in [0, 0.1) is 0 Å². The Morgan fingerprint density at radius 3 is 2.53 bits per heavy atom. The molecule has 0 aliphatic heterocycles. The fraction of sp³-hybridized carbons (Fsp3) is 0.600. The third kappa shape index (κ3) is 1.75. The summed E-state index contributed by atoms with van der Waals surface area (Å²) in [7, 11) is -2.39. The number of fused-ring (bicyclic) bond motifs is 3. The van der Waals surface area contributed by atoms with Crippen molar-refractivity contribution in [2.45, 2.75) is 49.5 Å². The van der Waals surface area contributed by atoms with Crippen molar-refractivity contribution >= 4 is 0 Å². The molecule has 92 valence electrons. The van der Waals surface area contributed by atoms with E-state index in [0.717, 1.165) is 38.5 Å². The molecule has 0 heterocycles. The number of methoxy groups -OCH3 is 1. The van der Waals surface area contributed by atoms with Crippen molar-refractivity contribution < 1.29 is 8.85 Å². The molecule has 3 aliphatic carbocycles. The largest absolute Gasteiger partial charge is 0.497 e. The van der Waals surface area contributed by atoms with Gasteiger partial charge in [0.05, 0.1) is 11.2 Å². The summed E-state index contributed by atoms with van der Waals surface area (Å²) in [5.41, 5.74) is 7.78. The zero-order valence-electron chi connectivity index (χ0n) is 13.0. The van der Waals surface area contributed by atoms with E-state index >= 15 is 0 Å². The topological polar surface area (TPSA) is 35.2 Å². The molecule has 0 atom stereocenters. The minimum Gasteiger partial charge on any atom is -0.497 e. The highest BCUT2D eigenvalue weighted by Crippen LogP contribution is 2.52.